The van der Waals surface area contributed by atoms with Crippen molar-refractivity contribution in [3.05, 3.63) is 17.3 Å². The summed E-state index contributed by atoms with van der Waals surface area (Å²) in [6, 6.07) is 1.38. The van der Waals surface area contributed by atoms with Crippen LogP contribution in [0, 0.1) is 0 Å². The van der Waals surface area contributed by atoms with E-state index in [1.165, 1.54) is 16.6 Å². The molecule has 2 heterocycles. The van der Waals surface area contributed by atoms with Crippen molar-refractivity contribution in [1.29, 1.82) is 0 Å². The van der Waals surface area contributed by atoms with Gasteiger partial charge in [0.15, 0.2) is 0 Å². The fourth-order valence-electron chi connectivity index (χ4n) is 1.94. The fraction of sp³-hybridized carbons (Fsp3) is 0.545. The maximum absolute atomic E-state index is 12.3. The first kappa shape index (κ1) is 14.5. The molecular weight excluding hydrogens is 290 g/mol. The summed E-state index contributed by atoms with van der Waals surface area (Å²) in [6.07, 6.45) is 1.14. The van der Waals surface area contributed by atoms with Crippen LogP contribution in [-0.4, -0.2) is 48.6 Å². The number of halogens is 1. The lowest BCUT2D eigenvalue weighted by atomic mass is 10.3. The number of nitrogens with one attached hydrogen (secondary N) is 1. The van der Waals surface area contributed by atoms with Gasteiger partial charge in [0.25, 0.3) is 0 Å². The highest BCUT2D eigenvalue weighted by Gasteiger charge is 2.32. The Morgan fingerprint density at radius 1 is 1.63 bits per heavy atom. The fourth-order valence-corrected chi connectivity index (χ4v) is 3.70. The largest absolute Gasteiger partial charge is 0.392 e. The van der Waals surface area contributed by atoms with Crippen LogP contribution in [-0.2, 0) is 10.0 Å². The van der Waals surface area contributed by atoms with Crippen LogP contribution in [0.5, 0.6) is 0 Å². The molecule has 6 nitrogen and oxygen atoms in total. The van der Waals surface area contributed by atoms with Crippen molar-refractivity contribution in [3.63, 3.8) is 0 Å². The van der Waals surface area contributed by atoms with Crippen LogP contribution in [0.1, 0.15) is 13.3 Å². The molecule has 1 saturated heterocycles. The number of aliphatic hydroxyl groups is 1. The van der Waals surface area contributed by atoms with Gasteiger partial charge >= 0.3 is 0 Å². The number of β-amino-alcohol motifs (C(OH)–C–C–N with tert-alkyl or cyclic N) is 1. The van der Waals surface area contributed by atoms with Crippen molar-refractivity contribution in [2.75, 3.05) is 25.0 Å². The molecule has 0 bridgehead atoms. The number of anilines is 1. The number of nitrogens with zero attached hydrogens (tertiary/aromatic N) is 2. The Labute approximate surface area is 117 Å². The number of sulfonamides is 1. The lowest BCUT2D eigenvalue weighted by molar-refractivity contribution is 0.189. The summed E-state index contributed by atoms with van der Waals surface area (Å²) in [7, 11) is -3.63. The lowest BCUT2D eigenvalue weighted by Crippen LogP contribution is -2.29. The second-order valence-electron chi connectivity index (χ2n) is 4.34. The van der Waals surface area contributed by atoms with E-state index in [2.05, 4.69) is 10.3 Å². The molecule has 0 saturated carbocycles. The quantitative estimate of drug-likeness (QED) is 0.864. The molecule has 1 aliphatic heterocycles. The van der Waals surface area contributed by atoms with Crippen LogP contribution in [0.15, 0.2) is 17.2 Å². The average molecular weight is 306 g/mol. The van der Waals surface area contributed by atoms with Crippen LogP contribution in [0.3, 0.4) is 0 Å². The molecule has 8 heteroatoms. The van der Waals surface area contributed by atoms with E-state index >= 15 is 0 Å². The van der Waals surface area contributed by atoms with Gasteiger partial charge < -0.3 is 10.4 Å². The Kier molecular flexibility index (Phi) is 4.29. The summed E-state index contributed by atoms with van der Waals surface area (Å²) < 4.78 is 25.8. The van der Waals surface area contributed by atoms with Gasteiger partial charge in [-0.05, 0) is 19.4 Å². The van der Waals surface area contributed by atoms with Crippen molar-refractivity contribution in [1.82, 2.24) is 9.29 Å². The molecule has 0 spiro atoms. The highest BCUT2D eigenvalue weighted by molar-refractivity contribution is 7.89. The summed E-state index contributed by atoms with van der Waals surface area (Å²) >= 11 is 5.99. The van der Waals surface area contributed by atoms with Crippen molar-refractivity contribution >= 4 is 27.4 Å². The number of aliphatic hydroxyl groups excluding tert-OH is 1. The second-order valence-corrected chi connectivity index (χ2v) is 6.68. The molecule has 0 aliphatic carbocycles. The van der Waals surface area contributed by atoms with E-state index in [9.17, 15) is 13.5 Å². The molecule has 0 amide bonds. The number of rotatable bonds is 4. The normalized spacial score (nSPS) is 20.7. The van der Waals surface area contributed by atoms with Crippen LogP contribution < -0.4 is 5.32 Å². The van der Waals surface area contributed by atoms with E-state index in [4.69, 9.17) is 11.6 Å². The molecule has 1 unspecified atom stereocenters. The van der Waals surface area contributed by atoms with Crippen molar-refractivity contribution < 1.29 is 13.5 Å². The van der Waals surface area contributed by atoms with Gasteiger partial charge in [-0.3, -0.25) is 0 Å². The lowest BCUT2D eigenvalue weighted by Gasteiger charge is -2.16. The topological polar surface area (TPSA) is 82.5 Å². The van der Waals surface area contributed by atoms with Crippen LogP contribution in [0.25, 0.3) is 0 Å². The minimum absolute atomic E-state index is 0.0493. The zero-order chi connectivity index (χ0) is 14.0. The molecule has 1 aromatic rings. The average Bonchev–Trinajstić information content (AvgIpc) is 2.79. The minimum Gasteiger partial charge on any atom is -0.392 e. The first-order chi connectivity index (χ1) is 8.95. The Hall–Kier alpha value is -0.890. The molecule has 19 heavy (non-hydrogen) atoms. The molecule has 2 rings (SSSR count). The Morgan fingerprint density at radius 2 is 2.37 bits per heavy atom. The monoisotopic (exact) mass is 305 g/mol. The van der Waals surface area contributed by atoms with Gasteiger partial charge in [-0.25, -0.2) is 13.4 Å². The van der Waals surface area contributed by atoms with E-state index in [1.807, 2.05) is 6.92 Å². The first-order valence-electron chi connectivity index (χ1n) is 6.02. The van der Waals surface area contributed by atoms with Gasteiger partial charge in [0.05, 0.1) is 11.1 Å². The molecule has 0 aromatic carbocycles. The zero-order valence-corrected chi connectivity index (χ0v) is 12.1. The predicted molar refractivity (Wildman–Crippen MR) is 72.8 cm³/mol. The van der Waals surface area contributed by atoms with Gasteiger partial charge in [-0.1, -0.05) is 11.6 Å². The van der Waals surface area contributed by atoms with Crippen LogP contribution in [0.4, 0.5) is 5.82 Å². The summed E-state index contributed by atoms with van der Waals surface area (Å²) in [6.45, 7) is 2.98. The molecule has 1 aromatic heterocycles. The summed E-state index contributed by atoms with van der Waals surface area (Å²) in [5.74, 6) is 0.463. The third-order valence-corrected chi connectivity index (χ3v) is 5.04. The van der Waals surface area contributed by atoms with Gasteiger partial charge in [0.2, 0.25) is 10.0 Å². The summed E-state index contributed by atoms with van der Waals surface area (Å²) in [4.78, 5) is 4.06. The van der Waals surface area contributed by atoms with Crippen LogP contribution >= 0.6 is 11.6 Å². The van der Waals surface area contributed by atoms with Gasteiger partial charge in [-0.15, -0.1) is 0 Å². The molecule has 1 atom stereocenters. The highest BCUT2D eigenvalue weighted by atomic mass is 35.5. The Morgan fingerprint density at radius 3 is 2.89 bits per heavy atom. The van der Waals surface area contributed by atoms with Crippen molar-refractivity contribution in [2.24, 2.45) is 0 Å². The van der Waals surface area contributed by atoms with Gasteiger partial charge in [0, 0.05) is 25.8 Å². The molecule has 1 fully saturated rings. The third-order valence-electron chi connectivity index (χ3n) is 2.92. The molecular formula is C11H16ClN3O3S. The minimum atomic E-state index is -3.63. The van der Waals surface area contributed by atoms with E-state index in [1.54, 1.807) is 0 Å². The van der Waals surface area contributed by atoms with E-state index < -0.39 is 16.1 Å². The van der Waals surface area contributed by atoms with Crippen molar-refractivity contribution in [2.45, 2.75) is 24.3 Å². The summed E-state index contributed by atoms with van der Waals surface area (Å²) in [5.41, 5.74) is 0. The van der Waals surface area contributed by atoms with Crippen molar-refractivity contribution in [3.8, 4) is 0 Å². The Balaban J connectivity index is 2.28. The number of pyridine rings is 1. The summed E-state index contributed by atoms with van der Waals surface area (Å²) in [5, 5.41) is 12.6. The van der Waals surface area contributed by atoms with E-state index in [0.717, 1.165) is 0 Å². The number of hydrogen-bond acceptors (Lipinski definition) is 5. The maximum atomic E-state index is 12.3. The molecule has 106 valence electrons. The third kappa shape index (κ3) is 3.00. The molecule has 2 N–H and O–H groups in total. The standard InChI is InChI=1S/C11H16ClN3O3S/c1-2-13-11-10(12)5-9(6-14-11)19(17,18)15-4-3-8(16)7-15/h5-6,8,16H,2-4,7H2,1H3,(H,13,14). The SMILES string of the molecule is CCNc1ncc(S(=O)(=O)N2CCC(O)C2)cc1Cl. The second kappa shape index (κ2) is 5.62. The highest BCUT2D eigenvalue weighted by Crippen LogP contribution is 2.26. The number of hydrogen-bond donors (Lipinski definition) is 2. The Bertz CT molecular complexity index is 564. The predicted octanol–water partition coefficient (Wildman–Crippen LogP) is 0.922. The zero-order valence-electron chi connectivity index (χ0n) is 10.5. The first-order valence-corrected chi connectivity index (χ1v) is 7.84. The maximum Gasteiger partial charge on any atom is 0.244 e. The smallest absolute Gasteiger partial charge is 0.244 e. The van der Waals surface area contributed by atoms with E-state index in [-0.39, 0.29) is 16.5 Å². The van der Waals surface area contributed by atoms with Gasteiger partial charge in [0.1, 0.15) is 10.7 Å². The van der Waals surface area contributed by atoms with Crippen LogP contribution in [0.2, 0.25) is 5.02 Å². The van der Waals surface area contributed by atoms with Gasteiger partial charge in [-0.2, -0.15) is 4.31 Å². The van der Waals surface area contributed by atoms with E-state index in [0.29, 0.717) is 25.3 Å². The number of aromatic nitrogens is 1. The molecule has 1 aliphatic rings. The molecule has 0 radical (unpaired) electrons.